The fourth-order valence-corrected chi connectivity index (χ4v) is 3.18. The molecule has 0 aliphatic rings. The minimum atomic E-state index is 0.111. The lowest BCUT2D eigenvalue weighted by atomic mass is 9.98. The zero-order chi connectivity index (χ0) is 17.4. The number of hydrogen-bond donors (Lipinski definition) is 2. The summed E-state index contributed by atoms with van der Waals surface area (Å²) >= 11 is 1.72. The van der Waals surface area contributed by atoms with Crippen molar-refractivity contribution in [2.75, 3.05) is 13.6 Å². The summed E-state index contributed by atoms with van der Waals surface area (Å²) in [7, 11) is 1.80. The van der Waals surface area contributed by atoms with Crippen molar-refractivity contribution in [2.24, 2.45) is 4.99 Å². The Bertz CT molecular complexity index is 641. The van der Waals surface area contributed by atoms with Gasteiger partial charge in [-0.1, -0.05) is 51.1 Å². The SMILES string of the molecule is CN=C(NCCCc1ccccc1)NCc1csc(C(C)(C)C)n1. The van der Waals surface area contributed by atoms with Gasteiger partial charge < -0.3 is 10.6 Å². The van der Waals surface area contributed by atoms with E-state index in [-0.39, 0.29) is 5.41 Å². The Morgan fingerprint density at radius 3 is 2.54 bits per heavy atom. The van der Waals surface area contributed by atoms with Crippen LogP contribution < -0.4 is 10.6 Å². The zero-order valence-electron chi connectivity index (χ0n) is 15.1. The second kappa shape index (κ2) is 8.83. The van der Waals surface area contributed by atoms with Gasteiger partial charge in [0.25, 0.3) is 0 Å². The normalized spacial score (nSPS) is 12.2. The molecule has 0 spiro atoms. The molecule has 0 unspecified atom stereocenters. The predicted octanol–water partition coefficient (Wildman–Crippen LogP) is 3.74. The molecule has 0 amide bonds. The van der Waals surface area contributed by atoms with Gasteiger partial charge in [-0.15, -0.1) is 11.3 Å². The molecule has 2 aromatic rings. The first kappa shape index (κ1) is 18.5. The van der Waals surface area contributed by atoms with Crippen LogP contribution in [0.3, 0.4) is 0 Å². The number of nitrogens with zero attached hydrogens (tertiary/aromatic N) is 2. The van der Waals surface area contributed by atoms with Crippen molar-refractivity contribution in [1.82, 2.24) is 15.6 Å². The van der Waals surface area contributed by atoms with Crippen LogP contribution in [-0.4, -0.2) is 24.5 Å². The number of nitrogens with one attached hydrogen (secondary N) is 2. The van der Waals surface area contributed by atoms with Crippen LogP contribution in [-0.2, 0) is 18.4 Å². The molecule has 0 saturated heterocycles. The zero-order valence-corrected chi connectivity index (χ0v) is 15.9. The van der Waals surface area contributed by atoms with Crippen LogP contribution >= 0.6 is 11.3 Å². The predicted molar refractivity (Wildman–Crippen MR) is 104 cm³/mol. The Morgan fingerprint density at radius 2 is 1.92 bits per heavy atom. The van der Waals surface area contributed by atoms with Crippen molar-refractivity contribution in [3.05, 3.63) is 52.0 Å². The molecule has 2 N–H and O–H groups in total. The third kappa shape index (κ3) is 5.96. The molecule has 0 radical (unpaired) electrons. The van der Waals surface area contributed by atoms with E-state index >= 15 is 0 Å². The summed E-state index contributed by atoms with van der Waals surface area (Å²) in [5, 5.41) is 9.99. The molecule has 0 bridgehead atoms. The van der Waals surface area contributed by atoms with E-state index in [0.29, 0.717) is 6.54 Å². The van der Waals surface area contributed by atoms with Crippen molar-refractivity contribution in [3.8, 4) is 0 Å². The molecule has 1 heterocycles. The maximum Gasteiger partial charge on any atom is 0.191 e. The highest BCUT2D eigenvalue weighted by Gasteiger charge is 2.17. The molecule has 5 heteroatoms. The largest absolute Gasteiger partial charge is 0.356 e. The van der Waals surface area contributed by atoms with Crippen LogP contribution in [0.15, 0.2) is 40.7 Å². The van der Waals surface area contributed by atoms with Gasteiger partial charge in [-0.25, -0.2) is 4.98 Å². The Labute approximate surface area is 149 Å². The van der Waals surface area contributed by atoms with E-state index in [9.17, 15) is 0 Å². The van der Waals surface area contributed by atoms with Gasteiger partial charge in [0.15, 0.2) is 5.96 Å². The maximum absolute atomic E-state index is 4.70. The summed E-state index contributed by atoms with van der Waals surface area (Å²) in [5.74, 6) is 0.827. The molecule has 24 heavy (non-hydrogen) atoms. The Morgan fingerprint density at radius 1 is 1.17 bits per heavy atom. The first-order valence-electron chi connectivity index (χ1n) is 8.42. The second-order valence-electron chi connectivity index (χ2n) is 6.84. The van der Waals surface area contributed by atoms with E-state index in [1.54, 1.807) is 18.4 Å². The maximum atomic E-state index is 4.70. The quantitative estimate of drug-likeness (QED) is 0.477. The Balaban J connectivity index is 1.71. The minimum Gasteiger partial charge on any atom is -0.356 e. The van der Waals surface area contributed by atoms with Crippen molar-refractivity contribution in [2.45, 2.75) is 45.6 Å². The molecule has 0 atom stereocenters. The van der Waals surface area contributed by atoms with E-state index in [2.05, 4.69) is 72.1 Å². The Hall–Kier alpha value is -1.88. The first-order chi connectivity index (χ1) is 11.5. The van der Waals surface area contributed by atoms with Crippen LogP contribution in [0.4, 0.5) is 0 Å². The molecule has 1 aromatic carbocycles. The summed E-state index contributed by atoms with van der Waals surface area (Å²) in [5.41, 5.74) is 2.55. The number of guanidine groups is 1. The second-order valence-corrected chi connectivity index (χ2v) is 7.69. The standard InChI is InChI=1S/C19H28N4S/c1-19(2,3)17-23-16(14-24-17)13-22-18(20-4)21-12-8-11-15-9-6-5-7-10-15/h5-7,9-10,14H,8,11-13H2,1-4H3,(H2,20,21,22). The number of thiazole rings is 1. The van der Waals surface area contributed by atoms with E-state index in [1.807, 2.05) is 0 Å². The van der Waals surface area contributed by atoms with Gasteiger partial charge in [-0.3, -0.25) is 4.99 Å². The van der Waals surface area contributed by atoms with Gasteiger partial charge in [0, 0.05) is 24.4 Å². The highest BCUT2D eigenvalue weighted by Crippen LogP contribution is 2.25. The highest BCUT2D eigenvalue weighted by molar-refractivity contribution is 7.09. The summed E-state index contributed by atoms with van der Waals surface area (Å²) in [6.07, 6.45) is 2.15. The van der Waals surface area contributed by atoms with Crippen LogP contribution in [0.5, 0.6) is 0 Å². The molecule has 2 rings (SSSR count). The van der Waals surface area contributed by atoms with Crippen molar-refractivity contribution < 1.29 is 0 Å². The lowest BCUT2D eigenvalue weighted by Gasteiger charge is -2.14. The number of aromatic nitrogens is 1. The molecule has 0 aliphatic heterocycles. The fraction of sp³-hybridized carbons (Fsp3) is 0.474. The first-order valence-corrected chi connectivity index (χ1v) is 9.30. The van der Waals surface area contributed by atoms with Crippen LogP contribution in [0.25, 0.3) is 0 Å². The summed E-state index contributed by atoms with van der Waals surface area (Å²) in [6, 6.07) is 10.6. The number of benzene rings is 1. The lowest BCUT2D eigenvalue weighted by molar-refractivity contribution is 0.582. The summed E-state index contributed by atoms with van der Waals surface area (Å²) in [6.45, 7) is 8.17. The van der Waals surface area contributed by atoms with Crippen LogP contribution in [0.2, 0.25) is 0 Å². The monoisotopic (exact) mass is 344 g/mol. The van der Waals surface area contributed by atoms with Gasteiger partial charge in [0.1, 0.15) is 0 Å². The molecule has 0 saturated carbocycles. The smallest absolute Gasteiger partial charge is 0.191 e. The van der Waals surface area contributed by atoms with Gasteiger partial charge in [-0.05, 0) is 18.4 Å². The molecule has 1 aromatic heterocycles. The third-order valence-corrected chi connectivity index (χ3v) is 4.95. The topological polar surface area (TPSA) is 49.3 Å². The van der Waals surface area contributed by atoms with E-state index in [4.69, 9.17) is 4.98 Å². The van der Waals surface area contributed by atoms with Crippen molar-refractivity contribution >= 4 is 17.3 Å². The van der Waals surface area contributed by atoms with Gasteiger partial charge in [-0.2, -0.15) is 0 Å². The third-order valence-electron chi connectivity index (χ3n) is 3.63. The molecular formula is C19H28N4S. The number of rotatable bonds is 6. The minimum absolute atomic E-state index is 0.111. The summed E-state index contributed by atoms with van der Waals surface area (Å²) < 4.78 is 0. The van der Waals surface area contributed by atoms with E-state index in [0.717, 1.165) is 31.0 Å². The van der Waals surface area contributed by atoms with Crippen LogP contribution in [0, 0.1) is 0 Å². The van der Waals surface area contributed by atoms with Gasteiger partial charge in [0.05, 0.1) is 17.2 Å². The number of aliphatic imine (C=N–C) groups is 1. The fourth-order valence-electron chi connectivity index (χ4n) is 2.27. The molecular weight excluding hydrogens is 316 g/mol. The highest BCUT2D eigenvalue weighted by atomic mass is 32.1. The van der Waals surface area contributed by atoms with E-state index < -0.39 is 0 Å². The van der Waals surface area contributed by atoms with E-state index in [1.165, 1.54) is 10.6 Å². The molecule has 0 fully saturated rings. The summed E-state index contributed by atoms with van der Waals surface area (Å²) in [4.78, 5) is 8.97. The molecule has 130 valence electrons. The Kier molecular flexibility index (Phi) is 6.79. The van der Waals surface area contributed by atoms with Crippen molar-refractivity contribution in [1.29, 1.82) is 0 Å². The molecule has 4 nitrogen and oxygen atoms in total. The number of aryl methyl sites for hydroxylation is 1. The average molecular weight is 345 g/mol. The van der Waals surface area contributed by atoms with Gasteiger partial charge >= 0.3 is 0 Å². The lowest BCUT2D eigenvalue weighted by Crippen LogP contribution is -2.37. The van der Waals surface area contributed by atoms with Crippen molar-refractivity contribution in [3.63, 3.8) is 0 Å². The van der Waals surface area contributed by atoms with Gasteiger partial charge in [0.2, 0.25) is 0 Å². The molecule has 0 aliphatic carbocycles. The van der Waals surface area contributed by atoms with Crippen LogP contribution in [0.1, 0.15) is 43.5 Å². The number of hydrogen-bond acceptors (Lipinski definition) is 3. The average Bonchev–Trinajstić information content (AvgIpc) is 3.04.